The van der Waals surface area contributed by atoms with E-state index in [9.17, 15) is 44.4 Å². The van der Waals surface area contributed by atoms with E-state index >= 15 is 0 Å². The molecule has 0 aromatic heterocycles. The Labute approximate surface area is 224 Å². The minimum Gasteiger partial charge on any atom is -0.507 e. The first-order valence-electron chi connectivity index (χ1n) is 12.6. The van der Waals surface area contributed by atoms with E-state index in [4.69, 9.17) is 10.5 Å². The largest absolute Gasteiger partial charge is 0.507 e. The third-order valence-corrected chi connectivity index (χ3v) is 8.30. The Morgan fingerprint density at radius 2 is 1.85 bits per heavy atom. The predicted molar refractivity (Wildman–Crippen MR) is 134 cm³/mol. The van der Waals surface area contributed by atoms with Gasteiger partial charge in [-0.25, -0.2) is 0 Å². The highest BCUT2D eigenvalue weighted by atomic mass is 16.6. The molecule has 0 heterocycles. The van der Waals surface area contributed by atoms with Crippen LogP contribution in [0.1, 0.15) is 41.3 Å². The molecule has 39 heavy (non-hydrogen) atoms. The lowest BCUT2D eigenvalue weighted by molar-refractivity contribution is -0.196. The SMILES string of the molecule is CCOC(O)/C=C/c1ccc2c(c1O)C(=O)C1C(=O)[C@]3(O)C(=O)C(C(N)=O)C(=O)[C@@H](N(C)C)[C@@H]3[C@@H](O)[C@@H]1[C@H]2C. The van der Waals surface area contributed by atoms with Crippen molar-refractivity contribution in [2.45, 2.75) is 43.8 Å². The molecule has 12 nitrogen and oxygen atoms in total. The second-order valence-electron chi connectivity index (χ2n) is 10.5. The second kappa shape index (κ2) is 10.0. The van der Waals surface area contributed by atoms with Gasteiger partial charge in [0.2, 0.25) is 5.91 Å². The minimum atomic E-state index is -3.05. The van der Waals surface area contributed by atoms with Crippen LogP contribution in [-0.2, 0) is 23.9 Å². The lowest BCUT2D eigenvalue weighted by Gasteiger charge is -2.56. The van der Waals surface area contributed by atoms with Crippen LogP contribution >= 0.6 is 0 Å². The first-order chi connectivity index (χ1) is 18.2. The lowest BCUT2D eigenvalue weighted by Crippen LogP contribution is -2.77. The molecule has 0 spiro atoms. The number of aliphatic hydroxyl groups excluding tert-OH is 2. The van der Waals surface area contributed by atoms with Crippen LogP contribution in [-0.4, -0.2) is 99.1 Å². The van der Waals surface area contributed by atoms with Crippen molar-refractivity contribution in [2.75, 3.05) is 20.7 Å². The van der Waals surface area contributed by atoms with Crippen molar-refractivity contribution in [3.63, 3.8) is 0 Å². The Bertz CT molecular complexity index is 1290. The molecule has 9 atom stereocenters. The number of phenols is 1. The maximum absolute atomic E-state index is 13.9. The zero-order chi connectivity index (χ0) is 29.1. The van der Waals surface area contributed by atoms with Gasteiger partial charge in [-0.2, -0.15) is 0 Å². The van der Waals surface area contributed by atoms with Gasteiger partial charge in [-0.05, 0) is 38.6 Å². The van der Waals surface area contributed by atoms with Gasteiger partial charge < -0.3 is 30.9 Å². The second-order valence-corrected chi connectivity index (χ2v) is 10.5. The summed E-state index contributed by atoms with van der Waals surface area (Å²) < 4.78 is 5.01. The Hall–Kier alpha value is -3.29. The summed E-state index contributed by atoms with van der Waals surface area (Å²) in [4.78, 5) is 67.7. The number of amides is 1. The highest BCUT2D eigenvalue weighted by Gasteiger charge is 2.72. The smallest absolute Gasteiger partial charge is 0.235 e. The number of fused-ring (bicyclic) bond motifs is 3. The van der Waals surface area contributed by atoms with Crippen LogP contribution in [0.25, 0.3) is 6.08 Å². The molecule has 4 rings (SSSR count). The van der Waals surface area contributed by atoms with Gasteiger partial charge >= 0.3 is 0 Å². The standard InChI is InChI=1S/C27H32N2O10/c1-5-39-13(30)9-7-11-6-8-12-10(2)14-16(21(32)15(12)20(11)31)24(35)27(38)18(22(14)33)19(29(3)4)23(34)17(25(27)36)26(28)37/h6-10,13-14,16-19,22,30-31,33,38H,5H2,1-4H3,(H2,28,37)/b9-7+/t10-,13?,14+,16?,17?,18+,19-,22-,27-/m0/s1. The fourth-order valence-corrected chi connectivity index (χ4v) is 6.55. The summed E-state index contributed by atoms with van der Waals surface area (Å²) in [6.45, 7) is 3.53. The predicted octanol–water partition coefficient (Wildman–Crippen LogP) is -1.23. The fourth-order valence-electron chi connectivity index (χ4n) is 6.55. The molecule has 1 aromatic carbocycles. The van der Waals surface area contributed by atoms with E-state index in [-0.39, 0.29) is 17.7 Å². The molecule has 1 amide bonds. The number of hydrogen-bond acceptors (Lipinski definition) is 11. The quantitative estimate of drug-likeness (QED) is 0.212. The number of phenolic OH excluding ortho intramolecular Hbond substituents is 1. The van der Waals surface area contributed by atoms with Crippen molar-refractivity contribution < 1.29 is 49.1 Å². The fraction of sp³-hybridized carbons (Fsp3) is 0.519. The van der Waals surface area contributed by atoms with Crippen molar-refractivity contribution in [1.29, 1.82) is 0 Å². The van der Waals surface area contributed by atoms with Crippen LogP contribution in [0.15, 0.2) is 18.2 Å². The molecule has 3 aliphatic carbocycles. The van der Waals surface area contributed by atoms with Crippen molar-refractivity contribution in [3.05, 3.63) is 34.9 Å². The highest BCUT2D eigenvalue weighted by Crippen LogP contribution is 2.54. The number of Topliss-reactive ketones (excluding diaryl/α,β-unsaturated/α-hetero) is 4. The Morgan fingerprint density at radius 1 is 1.21 bits per heavy atom. The van der Waals surface area contributed by atoms with Crippen molar-refractivity contribution >= 4 is 35.1 Å². The molecule has 3 unspecified atom stereocenters. The van der Waals surface area contributed by atoms with E-state index in [0.717, 1.165) is 0 Å². The molecule has 0 bridgehead atoms. The normalized spacial score (nSPS) is 35.1. The first-order valence-corrected chi connectivity index (χ1v) is 12.6. The highest BCUT2D eigenvalue weighted by molar-refractivity contribution is 6.32. The molecule has 0 radical (unpaired) electrons. The molecule has 12 heteroatoms. The number of nitrogens with zero attached hydrogens (tertiary/aromatic N) is 1. The Kier molecular flexibility index (Phi) is 7.38. The number of nitrogens with two attached hydrogens (primary N) is 1. The maximum Gasteiger partial charge on any atom is 0.235 e. The van der Waals surface area contributed by atoms with Crippen molar-refractivity contribution in [2.24, 2.45) is 29.4 Å². The van der Waals surface area contributed by atoms with E-state index < -0.39 is 88.4 Å². The van der Waals surface area contributed by atoms with Crippen LogP contribution in [0.2, 0.25) is 0 Å². The number of likely N-dealkylation sites (N-methyl/N-ethyl adjacent to an activating group) is 1. The van der Waals surface area contributed by atoms with Crippen LogP contribution in [0.5, 0.6) is 5.75 Å². The molecule has 6 N–H and O–H groups in total. The number of carbonyl (C=O) groups excluding carboxylic acids is 5. The van der Waals surface area contributed by atoms with Gasteiger partial charge in [0.25, 0.3) is 0 Å². The zero-order valence-electron chi connectivity index (χ0n) is 21.9. The summed E-state index contributed by atoms with van der Waals surface area (Å²) in [6.07, 6.45) is -0.386. The number of aliphatic hydroxyl groups is 3. The van der Waals surface area contributed by atoms with Crippen LogP contribution < -0.4 is 5.73 Å². The Morgan fingerprint density at radius 3 is 2.41 bits per heavy atom. The summed E-state index contributed by atoms with van der Waals surface area (Å²) in [6, 6.07) is 1.61. The van der Waals surface area contributed by atoms with Gasteiger partial charge in [0.15, 0.2) is 40.9 Å². The summed E-state index contributed by atoms with van der Waals surface area (Å²) >= 11 is 0. The van der Waals surface area contributed by atoms with Gasteiger partial charge in [0, 0.05) is 18.1 Å². The number of carbonyl (C=O) groups is 5. The number of benzene rings is 1. The van der Waals surface area contributed by atoms with E-state index in [2.05, 4.69) is 0 Å². The van der Waals surface area contributed by atoms with Gasteiger partial charge in [-0.3, -0.25) is 28.9 Å². The number of aromatic hydroxyl groups is 1. The third-order valence-electron chi connectivity index (χ3n) is 8.30. The molecule has 0 aliphatic heterocycles. The minimum absolute atomic E-state index is 0.132. The average Bonchev–Trinajstić information content (AvgIpc) is 2.85. The van der Waals surface area contributed by atoms with Gasteiger partial charge in [0.05, 0.1) is 29.5 Å². The Balaban J connectivity index is 1.87. The summed E-state index contributed by atoms with van der Waals surface area (Å²) in [5.74, 6) is -13.9. The number of ketones is 4. The summed E-state index contributed by atoms with van der Waals surface area (Å²) in [5.41, 5.74) is 2.48. The first kappa shape index (κ1) is 28.7. The molecular formula is C27H32N2O10. The van der Waals surface area contributed by atoms with Crippen LogP contribution in [0.3, 0.4) is 0 Å². The molecule has 2 fully saturated rings. The molecule has 2 saturated carbocycles. The molecule has 1 aromatic rings. The van der Waals surface area contributed by atoms with Gasteiger partial charge in [0.1, 0.15) is 5.75 Å². The maximum atomic E-state index is 13.9. The molecule has 0 saturated heterocycles. The van der Waals surface area contributed by atoms with Crippen molar-refractivity contribution in [1.82, 2.24) is 4.90 Å². The lowest BCUT2D eigenvalue weighted by atomic mass is 9.49. The number of ether oxygens (including phenoxy) is 1. The molecule has 3 aliphatic rings. The van der Waals surface area contributed by atoms with Gasteiger partial charge in [-0.15, -0.1) is 0 Å². The molecule has 210 valence electrons. The van der Waals surface area contributed by atoms with Gasteiger partial charge in [-0.1, -0.05) is 25.1 Å². The van der Waals surface area contributed by atoms with Crippen LogP contribution in [0.4, 0.5) is 0 Å². The van der Waals surface area contributed by atoms with E-state index in [1.807, 2.05) is 0 Å². The monoisotopic (exact) mass is 544 g/mol. The van der Waals surface area contributed by atoms with E-state index in [0.29, 0.717) is 5.56 Å². The molecular weight excluding hydrogens is 512 g/mol. The van der Waals surface area contributed by atoms with E-state index in [1.54, 1.807) is 19.9 Å². The topological polar surface area (TPSA) is 205 Å². The van der Waals surface area contributed by atoms with Crippen molar-refractivity contribution in [3.8, 4) is 5.75 Å². The number of hydrogen-bond donors (Lipinski definition) is 5. The van der Waals surface area contributed by atoms with E-state index in [1.165, 1.54) is 37.2 Å². The summed E-state index contributed by atoms with van der Waals surface area (Å²) in [5, 5.41) is 44.0. The number of rotatable bonds is 6. The average molecular weight is 545 g/mol. The van der Waals surface area contributed by atoms with Crippen LogP contribution in [0, 0.1) is 23.7 Å². The third kappa shape index (κ3) is 4.05. The summed E-state index contributed by atoms with van der Waals surface area (Å²) in [7, 11) is 2.86. The zero-order valence-corrected chi connectivity index (χ0v) is 21.9. The number of primary amides is 1.